The van der Waals surface area contributed by atoms with E-state index in [0.717, 1.165) is 16.7 Å². The van der Waals surface area contributed by atoms with E-state index in [9.17, 15) is 29.6 Å². The number of thioether (sulfide) groups is 1. The van der Waals surface area contributed by atoms with E-state index in [1.165, 1.54) is 6.92 Å². The lowest BCUT2D eigenvalue weighted by Gasteiger charge is -2.57. The summed E-state index contributed by atoms with van der Waals surface area (Å²) in [6.45, 7) is 10.5. The molecule has 2 aliphatic rings. The summed E-state index contributed by atoms with van der Waals surface area (Å²) in [4.78, 5) is 40.2. The first-order valence-corrected chi connectivity index (χ1v) is 12.2. The van der Waals surface area contributed by atoms with Crippen LogP contribution in [0.3, 0.4) is 0 Å². The maximum Gasteiger partial charge on any atom is 0.356 e. The molecule has 2 aliphatic heterocycles. The fraction of sp³-hybridized carbons (Fsp3) is 0.722. The molecule has 12 nitrogen and oxygen atoms in total. The molecule has 2 heterocycles. The summed E-state index contributed by atoms with van der Waals surface area (Å²) in [6.07, 6.45) is 0. The van der Waals surface area contributed by atoms with E-state index >= 15 is 0 Å². The third kappa shape index (κ3) is 4.82. The highest BCUT2D eigenvalue weighted by Gasteiger charge is 2.76. The van der Waals surface area contributed by atoms with Crippen LogP contribution in [-0.2, 0) is 32.7 Å². The molecule has 2 rings (SSSR count). The molecule has 2 atom stereocenters. The number of fused-ring (bicyclic) bond motifs is 1. The Morgan fingerprint density at radius 1 is 1.28 bits per heavy atom. The molecule has 14 heteroatoms. The van der Waals surface area contributed by atoms with Crippen LogP contribution in [0.25, 0.3) is 10.4 Å². The van der Waals surface area contributed by atoms with E-state index in [1.54, 1.807) is 41.5 Å². The third-order valence-electron chi connectivity index (χ3n) is 4.16. The van der Waals surface area contributed by atoms with Crippen molar-refractivity contribution in [3.8, 4) is 0 Å². The molecule has 178 valence electrons. The van der Waals surface area contributed by atoms with Crippen molar-refractivity contribution in [1.82, 2.24) is 4.90 Å². The van der Waals surface area contributed by atoms with Gasteiger partial charge in [0.1, 0.15) is 17.7 Å². The maximum atomic E-state index is 14.2. The fourth-order valence-electron chi connectivity index (χ4n) is 3.23. The Bertz CT molecular complexity index is 943. The second-order valence-electron chi connectivity index (χ2n) is 9.20. The lowest BCUT2D eigenvalue weighted by molar-refractivity contribution is -0.152. The molecule has 1 saturated heterocycles. The molecular weight excluding hydrogens is 463 g/mol. The van der Waals surface area contributed by atoms with Gasteiger partial charge in [0, 0.05) is 23.2 Å². The second kappa shape index (κ2) is 8.72. The van der Waals surface area contributed by atoms with E-state index in [-0.39, 0.29) is 17.9 Å². The Kier molecular flexibility index (Phi) is 7.14. The monoisotopic (exact) mass is 490 g/mol. The number of esters is 1. The standard InChI is InChI=1S/C18H27N4O8PS/c1-10(23)28-8-11-9-32-15-18(20-21-19,14(26)22(15)12(11)13(24)25)31(27,29-16(2,3)4)30-17(5,6)7/h15H,8-9H2,1-7H3,(H,24,25)/t15-,18?/m1/s1. The van der Waals surface area contributed by atoms with Crippen molar-refractivity contribution in [3.05, 3.63) is 21.7 Å². The topological polar surface area (TPSA) is 168 Å². The average molecular weight is 490 g/mol. The summed E-state index contributed by atoms with van der Waals surface area (Å²) < 4.78 is 30.6. The van der Waals surface area contributed by atoms with Gasteiger partial charge in [-0.2, -0.15) is 0 Å². The summed E-state index contributed by atoms with van der Waals surface area (Å²) in [7, 11) is -4.50. The number of carboxylic acid groups (broad SMARTS) is 1. The van der Waals surface area contributed by atoms with Gasteiger partial charge in [-0.1, -0.05) is 5.11 Å². The van der Waals surface area contributed by atoms with Crippen LogP contribution in [0, 0.1) is 0 Å². The molecule has 0 aromatic heterocycles. The SMILES string of the molecule is CC(=O)OCC1=C(C(=O)O)N2C(=O)C(N=[N+]=[N-])(P(=O)(OC(C)(C)C)OC(C)(C)C)[C@H]2SC1. The van der Waals surface area contributed by atoms with E-state index in [2.05, 4.69) is 10.0 Å². The second-order valence-corrected chi connectivity index (χ2v) is 12.3. The van der Waals surface area contributed by atoms with Crippen LogP contribution in [0.1, 0.15) is 48.5 Å². The van der Waals surface area contributed by atoms with Crippen LogP contribution in [0.15, 0.2) is 16.4 Å². The van der Waals surface area contributed by atoms with E-state index < -0.39 is 53.0 Å². The summed E-state index contributed by atoms with van der Waals surface area (Å²) in [5.41, 5.74) is 6.93. The number of hydrogen-bond donors (Lipinski definition) is 1. The maximum absolute atomic E-state index is 14.2. The number of amides is 1. The highest BCUT2D eigenvalue weighted by Crippen LogP contribution is 2.72. The lowest BCUT2D eigenvalue weighted by atomic mass is 10.0. The molecule has 1 amide bonds. The molecule has 1 N–H and O–H groups in total. The zero-order valence-electron chi connectivity index (χ0n) is 18.9. The fourth-order valence-corrected chi connectivity index (χ4v) is 7.79. The molecule has 0 spiro atoms. The van der Waals surface area contributed by atoms with Crippen molar-refractivity contribution in [2.24, 2.45) is 5.11 Å². The number of carbonyl (C=O) groups is 3. The van der Waals surface area contributed by atoms with Crippen LogP contribution in [0.4, 0.5) is 0 Å². The van der Waals surface area contributed by atoms with Gasteiger partial charge in [-0.05, 0) is 47.1 Å². The Hall–Kier alpha value is -2.04. The highest BCUT2D eigenvalue weighted by atomic mass is 32.2. The molecule has 1 fully saturated rings. The lowest BCUT2D eigenvalue weighted by Crippen LogP contribution is -2.72. The van der Waals surface area contributed by atoms with Gasteiger partial charge < -0.3 is 18.9 Å². The Balaban J connectivity index is 2.65. The molecule has 1 unspecified atom stereocenters. The van der Waals surface area contributed by atoms with Gasteiger partial charge >= 0.3 is 19.5 Å². The van der Waals surface area contributed by atoms with E-state index in [4.69, 9.17) is 13.8 Å². The number of aliphatic carboxylic acids is 1. The minimum atomic E-state index is -4.50. The van der Waals surface area contributed by atoms with E-state index in [1.807, 2.05) is 0 Å². The van der Waals surface area contributed by atoms with Gasteiger partial charge in [0.25, 0.3) is 11.2 Å². The van der Waals surface area contributed by atoms with Gasteiger partial charge in [0.2, 0.25) is 0 Å². The number of ether oxygens (including phenoxy) is 1. The smallest absolute Gasteiger partial charge is 0.356 e. The molecule has 0 saturated carbocycles. The zero-order valence-corrected chi connectivity index (χ0v) is 20.7. The minimum Gasteiger partial charge on any atom is -0.477 e. The molecule has 0 bridgehead atoms. The van der Waals surface area contributed by atoms with Crippen LogP contribution in [0.2, 0.25) is 0 Å². The molecule has 0 aromatic carbocycles. The zero-order chi connectivity index (χ0) is 24.7. The predicted molar refractivity (Wildman–Crippen MR) is 116 cm³/mol. The highest BCUT2D eigenvalue weighted by molar-refractivity contribution is 8.00. The number of azide groups is 1. The first-order valence-electron chi connectivity index (χ1n) is 9.61. The van der Waals surface area contributed by atoms with Crippen molar-refractivity contribution >= 4 is 37.2 Å². The molecule has 0 aliphatic carbocycles. The van der Waals surface area contributed by atoms with Crippen molar-refractivity contribution in [2.75, 3.05) is 12.4 Å². The largest absolute Gasteiger partial charge is 0.477 e. The third-order valence-corrected chi connectivity index (χ3v) is 8.65. The number of carbonyl (C=O) groups excluding carboxylic acids is 2. The average Bonchev–Trinajstić information content (AvgIpc) is 2.59. The Morgan fingerprint density at radius 2 is 1.81 bits per heavy atom. The van der Waals surface area contributed by atoms with Crippen LogP contribution >= 0.6 is 19.4 Å². The van der Waals surface area contributed by atoms with Crippen molar-refractivity contribution < 1.29 is 37.8 Å². The number of β-lactam (4-membered cyclic amide) rings is 1. The van der Waals surface area contributed by atoms with Crippen LogP contribution in [0.5, 0.6) is 0 Å². The summed E-state index contributed by atoms with van der Waals surface area (Å²) in [5, 5.41) is 9.90. The number of hydrogen-bond acceptors (Lipinski definition) is 9. The van der Waals surface area contributed by atoms with Crippen LogP contribution < -0.4 is 0 Å². The number of nitrogens with zero attached hydrogens (tertiary/aromatic N) is 4. The normalized spacial score (nSPS) is 23.8. The summed E-state index contributed by atoms with van der Waals surface area (Å²) in [6, 6.07) is 0. The van der Waals surface area contributed by atoms with Crippen molar-refractivity contribution in [2.45, 2.75) is 70.3 Å². The number of rotatable bonds is 7. The van der Waals surface area contributed by atoms with Crippen molar-refractivity contribution in [3.63, 3.8) is 0 Å². The minimum absolute atomic E-state index is 0.0249. The molecule has 32 heavy (non-hydrogen) atoms. The van der Waals surface area contributed by atoms with E-state index in [0.29, 0.717) is 0 Å². The quantitative estimate of drug-likeness (QED) is 0.140. The molecule has 0 aromatic rings. The number of carboxylic acids is 1. The molecular formula is C18H27N4O8PS. The summed E-state index contributed by atoms with van der Waals surface area (Å²) >= 11 is 1.02. The van der Waals surface area contributed by atoms with Gasteiger partial charge in [-0.15, -0.1) is 11.8 Å². The van der Waals surface area contributed by atoms with Crippen molar-refractivity contribution in [1.29, 1.82) is 0 Å². The predicted octanol–water partition coefficient (Wildman–Crippen LogP) is 3.63. The van der Waals surface area contributed by atoms with Crippen LogP contribution in [-0.4, -0.2) is 62.1 Å². The first kappa shape index (κ1) is 26.2. The van der Waals surface area contributed by atoms with Gasteiger partial charge in [-0.25, -0.2) is 4.79 Å². The van der Waals surface area contributed by atoms with Gasteiger partial charge in [-0.3, -0.25) is 19.1 Å². The van der Waals surface area contributed by atoms with Gasteiger partial charge in [0.15, 0.2) is 0 Å². The Morgan fingerprint density at radius 3 is 2.22 bits per heavy atom. The first-order chi connectivity index (χ1) is 14.5. The summed E-state index contributed by atoms with van der Waals surface area (Å²) in [5.74, 6) is -3.06. The Labute approximate surface area is 189 Å². The van der Waals surface area contributed by atoms with Gasteiger partial charge in [0.05, 0.1) is 11.2 Å². The molecule has 0 radical (unpaired) electrons.